The number of aromatic nitrogens is 2. The highest BCUT2D eigenvalue weighted by Crippen LogP contribution is 2.00. The number of hydrogen-bond acceptors (Lipinski definition) is 2. The van der Waals surface area contributed by atoms with Gasteiger partial charge in [-0.2, -0.15) is 5.10 Å². The molecule has 0 spiro atoms. The van der Waals surface area contributed by atoms with Gasteiger partial charge in [0.15, 0.2) is 5.11 Å². The summed E-state index contributed by atoms with van der Waals surface area (Å²) in [5.41, 5.74) is 2.16. The number of hydrogen-bond donors (Lipinski definition) is 2. The molecule has 0 unspecified atom stereocenters. The van der Waals surface area contributed by atoms with Crippen LogP contribution in [0, 0.1) is 12.8 Å². The smallest absolute Gasteiger partial charge is 0.166 e. The summed E-state index contributed by atoms with van der Waals surface area (Å²) in [6, 6.07) is 2.05. The van der Waals surface area contributed by atoms with Crippen molar-refractivity contribution >= 4 is 17.3 Å². The summed E-state index contributed by atoms with van der Waals surface area (Å²) in [7, 11) is 1.94. The van der Waals surface area contributed by atoms with Gasteiger partial charge in [-0.1, -0.05) is 13.8 Å². The Morgan fingerprint density at radius 3 is 2.69 bits per heavy atom. The minimum absolute atomic E-state index is 0.596. The zero-order valence-electron chi connectivity index (χ0n) is 10.4. The summed E-state index contributed by atoms with van der Waals surface area (Å²) < 4.78 is 1.87. The lowest BCUT2D eigenvalue weighted by Gasteiger charge is -2.11. The zero-order valence-corrected chi connectivity index (χ0v) is 11.2. The molecule has 0 aliphatic carbocycles. The second kappa shape index (κ2) is 5.84. The van der Waals surface area contributed by atoms with Crippen molar-refractivity contribution in [2.75, 3.05) is 6.54 Å². The molecule has 1 aromatic heterocycles. The fourth-order valence-electron chi connectivity index (χ4n) is 1.36. The molecule has 5 heteroatoms. The fraction of sp³-hybridized carbons (Fsp3) is 0.636. The van der Waals surface area contributed by atoms with Crippen LogP contribution in [-0.4, -0.2) is 21.4 Å². The van der Waals surface area contributed by atoms with Crippen molar-refractivity contribution in [2.45, 2.75) is 27.3 Å². The third kappa shape index (κ3) is 4.18. The van der Waals surface area contributed by atoms with Crippen LogP contribution >= 0.6 is 12.2 Å². The average molecular weight is 240 g/mol. The highest BCUT2D eigenvalue weighted by Gasteiger charge is 2.02. The topological polar surface area (TPSA) is 41.9 Å². The number of aryl methyl sites for hydroxylation is 2. The van der Waals surface area contributed by atoms with E-state index in [0.717, 1.165) is 17.9 Å². The molecule has 0 amide bonds. The van der Waals surface area contributed by atoms with E-state index < -0.39 is 0 Å². The molecule has 2 N–H and O–H groups in total. The van der Waals surface area contributed by atoms with E-state index >= 15 is 0 Å². The van der Waals surface area contributed by atoms with Crippen LogP contribution in [0.15, 0.2) is 6.07 Å². The van der Waals surface area contributed by atoms with Crippen LogP contribution in [0.5, 0.6) is 0 Å². The first-order valence-corrected chi connectivity index (χ1v) is 5.91. The van der Waals surface area contributed by atoms with E-state index in [0.29, 0.717) is 17.6 Å². The van der Waals surface area contributed by atoms with E-state index in [1.54, 1.807) is 0 Å². The van der Waals surface area contributed by atoms with Gasteiger partial charge in [0.1, 0.15) is 0 Å². The Balaban J connectivity index is 2.34. The molecule has 0 saturated heterocycles. The molecule has 0 aromatic carbocycles. The molecule has 0 bridgehead atoms. The van der Waals surface area contributed by atoms with Crippen molar-refractivity contribution < 1.29 is 0 Å². The maximum atomic E-state index is 5.17. The standard InChI is InChI=1S/C11H20N4S/c1-8(2)6-12-11(16)13-7-10-5-9(3)14-15(10)4/h5,8H,6-7H2,1-4H3,(H2,12,13,16). The summed E-state index contributed by atoms with van der Waals surface area (Å²) >= 11 is 5.17. The SMILES string of the molecule is Cc1cc(CNC(=S)NCC(C)C)n(C)n1. The quantitative estimate of drug-likeness (QED) is 0.780. The molecule has 1 aromatic rings. The van der Waals surface area contributed by atoms with Crippen molar-refractivity contribution in [3.05, 3.63) is 17.5 Å². The van der Waals surface area contributed by atoms with E-state index in [4.69, 9.17) is 12.2 Å². The van der Waals surface area contributed by atoms with Gasteiger partial charge in [-0.15, -0.1) is 0 Å². The first-order valence-electron chi connectivity index (χ1n) is 5.50. The summed E-state index contributed by atoms with van der Waals surface area (Å²) in [6.07, 6.45) is 0. The van der Waals surface area contributed by atoms with Crippen molar-refractivity contribution in [1.82, 2.24) is 20.4 Å². The Bertz CT molecular complexity index is 357. The van der Waals surface area contributed by atoms with Gasteiger partial charge in [0, 0.05) is 13.6 Å². The van der Waals surface area contributed by atoms with Gasteiger partial charge in [0.25, 0.3) is 0 Å². The zero-order chi connectivity index (χ0) is 12.1. The van der Waals surface area contributed by atoms with Crippen LogP contribution in [0.2, 0.25) is 0 Å². The highest BCUT2D eigenvalue weighted by molar-refractivity contribution is 7.80. The highest BCUT2D eigenvalue weighted by atomic mass is 32.1. The maximum absolute atomic E-state index is 5.17. The molecule has 0 aliphatic heterocycles. The lowest BCUT2D eigenvalue weighted by molar-refractivity contribution is 0.616. The van der Waals surface area contributed by atoms with Crippen molar-refractivity contribution in [3.63, 3.8) is 0 Å². The Hall–Kier alpha value is -1.10. The molecule has 90 valence electrons. The summed E-state index contributed by atoms with van der Waals surface area (Å²) in [5.74, 6) is 0.596. The average Bonchev–Trinajstić information content (AvgIpc) is 2.51. The monoisotopic (exact) mass is 240 g/mol. The summed E-state index contributed by atoms with van der Waals surface area (Å²) in [4.78, 5) is 0. The Morgan fingerprint density at radius 1 is 1.50 bits per heavy atom. The van der Waals surface area contributed by atoms with Crippen LogP contribution in [0.25, 0.3) is 0 Å². The Kier molecular flexibility index (Phi) is 4.73. The molecule has 0 aliphatic rings. The fourth-order valence-corrected chi connectivity index (χ4v) is 1.52. The second-order valence-electron chi connectivity index (χ2n) is 4.36. The third-order valence-corrected chi connectivity index (χ3v) is 2.49. The van der Waals surface area contributed by atoms with Crippen LogP contribution < -0.4 is 10.6 Å². The molecule has 1 heterocycles. The molecule has 16 heavy (non-hydrogen) atoms. The number of nitrogens with one attached hydrogen (secondary N) is 2. The number of nitrogens with zero attached hydrogens (tertiary/aromatic N) is 2. The van der Waals surface area contributed by atoms with E-state index in [1.165, 1.54) is 0 Å². The van der Waals surface area contributed by atoms with Gasteiger partial charge in [-0.25, -0.2) is 0 Å². The van der Waals surface area contributed by atoms with Crippen LogP contribution in [0.3, 0.4) is 0 Å². The van der Waals surface area contributed by atoms with E-state index in [-0.39, 0.29) is 0 Å². The Labute approximate surface area is 102 Å². The lowest BCUT2D eigenvalue weighted by atomic mass is 10.2. The second-order valence-corrected chi connectivity index (χ2v) is 4.77. The van der Waals surface area contributed by atoms with Gasteiger partial charge in [0.2, 0.25) is 0 Å². The first kappa shape index (κ1) is 13.0. The maximum Gasteiger partial charge on any atom is 0.166 e. The predicted octanol–water partition coefficient (Wildman–Crippen LogP) is 1.35. The number of thiocarbonyl (C=S) groups is 1. The van der Waals surface area contributed by atoms with Gasteiger partial charge in [0.05, 0.1) is 17.9 Å². The van der Waals surface area contributed by atoms with Crippen LogP contribution in [0.4, 0.5) is 0 Å². The largest absolute Gasteiger partial charge is 0.362 e. The van der Waals surface area contributed by atoms with Crippen LogP contribution in [-0.2, 0) is 13.6 Å². The lowest BCUT2D eigenvalue weighted by Crippen LogP contribution is -2.37. The molecule has 1 rings (SSSR count). The first-order chi connectivity index (χ1) is 7.49. The van der Waals surface area contributed by atoms with Gasteiger partial charge < -0.3 is 10.6 Å². The molecular formula is C11H20N4S. The van der Waals surface area contributed by atoms with Gasteiger partial charge >= 0.3 is 0 Å². The number of rotatable bonds is 4. The van der Waals surface area contributed by atoms with Crippen molar-refractivity contribution in [3.8, 4) is 0 Å². The summed E-state index contributed by atoms with van der Waals surface area (Å²) in [5, 5.41) is 11.3. The minimum Gasteiger partial charge on any atom is -0.362 e. The molecular weight excluding hydrogens is 220 g/mol. The molecule has 0 fully saturated rings. The predicted molar refractivity (Wildman–Crippen MR) is 70.2 cm³/mol. The van der Waals surface area contributed by atoms with Crippen LogP contribution in [0.1, 0.15) is 25.2 Å². The van der Waals surface area contributed by atoms with E-state index in [9.17, 15) is 0 Å². The van der Waals surface area contributed by atoms with Gasteiger partial charge in [-0.05, 0) is 31.1 Å². The Morgan fingerprint density at radius 2 is 2.19 bits per heavy atom. The molecule has 4 nitrogen and oxygen atoms in total. The molecule has 0 atom stereocenters. The normalized spacial score (nSPS) is 10.6. The van der Waals surface area contributed by atoms with E-state index in [2.05, 4.69) is 35.6 Å². The third-order valence-electron chi connectivity index (χ3n) is 2.20. The van der Waals surface area contributed by atoms with Crippen molar-refractivity contribution in [1.29, 1.82) is 0 Å². The molecule has 0 saturated carbocycles. The van der Waals surface area contributed by atoms with E-state index in [1.807, 2.05) is 18.7 Å². The van der Waals surface area contributed by atoms with Gasteiger partial charge in [-0.3, -0.25) is 4.68 Å². The summed E-state index contributed by atoms with van der Waals surface area (Å²) in [6.45, 7) is 7.90. The molecule has 0 radical (unpaired) electrons. The minimum atomic E-state index is 0.596. The van der Waals surface area contributed by atoms with Crippen molar-refractivity contribution in [2.24, 2.45) is 13.0 Å².